The summed E-state index contributed by atoms with van der Waals surface area (Å²) in [5.41, 5.74) is 3.89. The maximum atomic E-state index is 2.37. The molecule has 0 amide bonds. The number of hydrogen-bond acceptors (Lipinski definition) is 0. The first-order valence-electron chi connectivity index (χ1n) is 6.15. The minimum Gasteiger partial charge on any atom is -0.0702 e. The summed E-state index contributed by atoms with van der Waals surface area (Å²) in [7, 11) is 0. The van der Waals surface area contributed by atoms with E-state index in [-0.39, 0.29) is 0 Å². The largest absolute Gasteiger partial charge is 0.0702 e. The molecule has 0 radical (unpaired) electrons. The Bertz CT molecular complexity index is 205. The highest BCUT2D eigenvalue weighted by Gasteiger charge is 2.24. The lowest BCUT2D eigenvalue weighted by molar-refractivity contribution is 0.427. The average molecular weight is 194 g/mol. The third-order valence-electron chi connectivity index (χ3n) is 3.22. The molecule has 0 N–H and O–H groups in total. The second-order valence-corrected chi connectivity index (χ2v) is 5.98. The summed E-state index contributed by atoms with van der Waals surface area (Å²) in [4.78, 5) is 0. The molecule has 0 heteroatoms. The van der Waals surface area contributed by atoms with Gasteiger partial charge in [0, 0.05) is 0 Å². The summed E-state index contributed by atoms with van der Waals surface area (Å²) in [5.74, 6) is 0.725. The van der Waals surface area contributed by atoms with Gasteiger partial charge in [0.1, 0.15) is 0 Å². The predicted molar refractivity (Wildman–Crippen MR) is 64.4 cm³/mol. The molecule has 1 rings (SSSR count). The molecule has 0 nitrogen and oxygen atoms in total. The van der Waals surface area contributed by atoms with E-state index in [4.69, 9.17) is 0 Å². The molecule has 0 aromatic carbocycles. The molecule has 1 fully saturated rings. The van der Waals surface area contributed by atoms with Gasteiger partial charge in [0.25, 0.3) is 0 Å². The molecule has 0 atom stereocenters. The molecule has 1 aliphatic carbocycles. The van der Waals surface area contributed by atoms with Gasteiger partial charge in [-0.05, 0) is 37.0 Å². The molecule has 14 heavy (non-hydrogen) atoms. The Morgan fingerprint density at radius 2 is 1.50 bits per heavy atom. The zero-order valence-corrected chi connectivity index (χ0v) is 10.6. The quantitative estimate of drug-likeness (QED) is 0.518. The highest BCUT2D eigenvalue weighted by atomic mass is 14.3. The summed E-state index contributed by atoms with van der Waals surface area (Å²) in [6.07, 6.45) is 7.01. The van der Waals surface area contributed by atoms with Crippen LogP contribution >= 0.6 is 0 Å². The molecule has 0 aliphatic heterocycles. The summed E-state index contributed by atoms with van der Waals surface area (Å²) >= 11 is 0. The van der Waals surface area contributed by atoms with Crippen LogP contribution in [-0.4, -0.2) is 0 Å². The monoisotopic (exact) mass is 194 g/mol. The first-order chi connectivity index (χ1) is 6.43. The van der Waals surface area contributed by atoms with Gasteiger partial charge in [0.2, 0.25) is 0 Å². The standard InChI is InChI=1S/C14H26/c1-11(2)13(14(3,4)5)12-9-7-6-8-10-12/h11H,6-10H2,1-5H3. The number of hydrogen-bond donors (Lipinski definition) is 0. The van der Waals surface area contributed by atoms with Crippen molar-refractivity contribution in [3.8, 4) is 0 Å². The minimum atomic E-state index is 0.376. The van der Waals surface area contributed by atoms with E-state index in [0.717, 1.165) is 5.92 Å². The van der Waals surface area contributed by atoms with E-state index in [9.17, 15) is 0 Å². The Balaban J connectivity index is 2.94. The Kier molecular flexibility index (Phi) is 3.80. The third-order valence-corrected chi connectivity index (χ3v) is 3.22. The van der Waals surface area contributed by atoms with Crippen molar-refractivity contribution in [3.05, 3.63) is 11.1 Å². The SMILES string of the molecule is CC(C)C(=C1CCCCC1)C(C)(C)C. The molecule has 0 spiro atoms. The summed E-state index contributed by atoms with van der Waals surface area (Å²) in [6.45, 7) is 11.8. The molecular weight excluding hydrogens is 168 g/mol. The van der Waals surface area contributed by atoms with Crippen LogP contribution in [0, 0.1) is 11.3 Å². The van der Waals surface area contributed by atoms with Crippen LogP contribution < -0.4 is 0 Å². The van der Waals surface area contributed by atoms with Gasteiger partial charge >= 0.3 is 0 Å². The second-order valence-electron chi connectivity index (χ2n) is 5.98. The fraction of sp³-hybridized carbons (Fsp3) is 0.857. The van der Waals surface area contributed by atoms with Crippen LogP contribution in [0.4, 0.5) is 0 Å². The van der Waals surface area contributed by atoms with Gasteiger partial charge in [-0.3, -0.25) is 0 Å². The number of allylic oxidation sites excluding steroid dienone is 2. The second kappa shape index (κ2) is 4.51. The van der Waals surface area contributed by atoms with Crippen molar-refractivity contribution in [2.45, 2.75) is 66.7 Å². The topological polar surface area (TPSA) is 0 Å². The summed E-state index contributed by atoms with van der Waals surface area (Å²) in [5, 5.41) is 0. The van der Waals surface area contributed by atoms with Gasteiger partial charge in [-0.2, -0.15) is 0 Å². The van der Waals surface area contributed by atoms with Gasteiger partial charge < -0.3 is 0 Å². The lowest BCUT2D eigenvalue weighted by Crippen LogP contribution is -2.18. The average Bonchev–Trinajstić information content (AvgIpc) is 2.02. The van der Waals surface area contributed by atoms with E-state index in [1.54, 1.807) is 11.1 Å². The van der Waals surface area contributed by atoms with Crippen molar-refractivity contribution in [2.75, 3.05) is 0 Å². The molecule has 0 aromatic heterocycles. The zero-order valence-electron chi connectivity index (χ0n) is 10.6. The molecule has 0 unspecified atom stereocenters. The van der Waals surface area contributed by atoms with Crippen molar-refractivity contribution < 1.29 is 0 Å². The predicted octanol–water partition coefficient (Wildman–Crippen LogP) is 4.95. The molecule has 0 saturated heterocycles. The molecule has 82 valence electrons. The number of rotatable bonds is 1. The van der Waals surface area contributed by atoms with Gasteiger partial charge in [0.05, 0.1) is 0 Å². The van der Waals surface area contributed by atoms with Crippen LogP contribution in [-0.2, 0) is 0 Å². The lowest BCUT2D eigenvalue weighted by atomic mass is 9.74. The summed E-state index contributed by atoms with van der Waals surface area (Å²) < 4.78 is 0. The maximum Gasteiger partial charge on any atom is -0.0168 e. The lowest BCUT2D eigenvalue weighted by Gasteiger charge is -2.32. The van der Waals surface area contributed by atoms with Gasteiger partial charge in [-0.25, -0.2) is 0 Å². The van der Waals surface area contributed by atoms with Crippen molar-refractivity contribution in [1.29, 1.82) is 0 Å². The van der Waals surface area contributed by atoms with Crippen molar-refractivity contribution in [3.63, 3.8) is 0 Å². The Hall–Kier alpha value is -0.260. The van der Waals surface area contributed by atoms with E-state index in [1.807, 2.05) is 0 Å². The highest BCUT2D eigenvalue weighted by molar-refractivity contribution is 5.23. The van der Waals surface area contributed by atoms with Crippen LogP contribution in [0.25, 0.3) is 0 Å². The Morgan fingerprint density at radius 3 is 1.86 bits per heavy atom. The van der Waals surface area contributed by atoms with E-state index >= 15 is 0 Å². The fourth-order valence-electron chi connectivity index (χ4n) is 3.05. The first kappa shape index (κ1) is 11.8. The van der Waals surface area contributed by atoms with E-state index < -0.39 is 0 Å². The van der Waals surface area contributed by atoms with E-state index in [0.29, 0.717) is 5.41 Å². The van der Waals surface area contributed by atoms with Crippen LogP contribution in [0.5, 0.6) is 0 Å². The van der Waals surface area contributed by atoms with E-state index in [2.05, 4.69) is 34.6 Å². The molecule has 1 saturated carbocycles. The van der Waals surface area contributed by atoms with Gasteiger partial charge in [0.15, 0.2) is 0 Å². The molecule has 1 aliphatic rings. The smallest absolute Gasteiger partial charge is 0.0168 e. The van der Waals surface area contributed by atoms with Crippen LogP contribution in [0.15, 0.2) is 11.1 Å². The highest BCUT2D eigenvalue weighted by Crippen LogP contribution is 2.38. The zero-order chi connectivity index (χ0) is 10.8. The minimum absolute atomic E-state index is 0.376. The van der Waals surface area contributed by atoms with Crippen LogP contribution in [0.3, 0.4) is 0 Å². The maximum absolute atomic E-state index is 2.37. The van der Waals surface area contributed by atoms with Gasteiger partial charge in [-0.15, -0.1) is 0 Å². The fourth-order valence-corrected chi connectivity index (χ4v) is 3.05. The van der Waals surface area contributed by atoms with Crippen molar-refractivity contribution in [1.82, 2.24) is 0 Å². The van der Waals surface area contributed by atoms with Crippen LogP contribution in [0.1, 0.15) is 66.7 Å². The molecule has 0 heterocycles. The molecule has 0 bridgehead atoms. The Morgan fingerprint density at radius 1 is 1.00 bits per heavy atom. The van der Waals surface area contributed by atoms with Crippen LogP contribution in [0.2, 0.25) is 0 Å². The van der Waals surface area contributed by atoms with Crippen molar-refractivity contribution >= 4 is 0 Å². The third kappa shape index (κ3) is 2.87. The Labute approximate surface area is 89.8 Å². The summed E-state index contributed by atoms with van der Waals surface area (Å²) in [6, 6.07) is 0. The first-order valence-corrected chi connectivity index (χ1v) is 6.15. The van der Waals surface area contributed by atoms with Gasteiger partial charge in [-0.1, -0.05) is 52.2 Å². The van der Waals surface area contributed by atoms with E-state index in [1.165, 1.54) is 32.1 Å². The molecular formula is C14H26. The van der Waals surface area contributed by atoms with Crippen molar-refractivity contribution in [2.24, 2.45) is 11.3 Å². The molecule has 0 aromatic rings. The normalized spacial score (nSPS) is 18.9.